The summed E-state index contributed by atoms with van der Waals surface area (Å²) < 4.78 is 10.6. The molecule has 0 fully saturated rings. The number of anilines is 2. The first-order valence-electron chi connectivity index (χ1n) is 9.36. The number of hydrogen-bond donors (Lipinski definition) is 1. The fourth-order valence-electron chi connectivity index (χ4n) is 3.37. The maximum atomic E-state index is 13.4. The summed E-state index contributed by atoms with van der Waals surface area (Å²) >= 11 is 0. The van der Waals surface area contributed by atoms with Crippen molar-refractivity contribution in [1.82, 2.24) is 0 Å². The van der Waals surface area contributed by atoms with Crippen molar-refractivity contribution in [2.45, 2.75) is 0 Å². The van der Waals surface area contributed by atoms with Crippen molar-refractivity contribution in [1.29, 1.82) is 0 Å². The molecule has 0 saturated carbocycles. The second-order valence-electron chi connectivity index (χ2n) is 6.59. The third-order valence-electron chi connectivity index (χ3n) is 4.84. The Morgan fingerprint density at radius 3 is 2.07 bits per heavy atom. The maximum absolute atomic E-state index is 13.4. The third kappa shape index (κ3) is 3.39. The first-order chi connectivity index (χ1) is 14.6. The summed E-state index contributed by atoms with van der Waals surface area (Å²) in [4.78, 5) is 27.9. The van der Waals surface area contributed by atoms with Gasteiger partial charge in [0.15, 0.2) is 0 Å². The van der Waals surface area contributed by atoms with E-state index in [1.165, 1.54) is 4.90 Å². The molecular formula is C24H20N2O4. The molecule has 3 aromatic carbocycles. The number of nitrogens with one attached hydrogen (secondary N) is 1. The number of carbonyl (C=O) groups is 2. The lowest BCUT2D eigenvalue weighted by Crippen LogP contribution is -2.32. The standard InChI is InChI=1S/C24H20N2O4/c1-29-18-14-12-16(13-15-18)21-22(25-19-10-6-7-11-20(19)30-2)24(28)26(23(21)27)17-8-4-3-5-9-17/h3-15,25H,1-2H3. The van der Waals surface area contributed by atoms with Gasteiger partial charge in [-0.3, -0.25) is 9.59 Å². The highest BCUT2D eigenvalue weighted by Crippen LogP contribution is 2.35. The van der Waals surface area contributed by atoms with Crippen molar-refractivity contribution < 1.29 is 19.1 Å². The van der Waals surface area contributed by atoms with Crippen LogP contribution < -0.4 is 19.7 Å². The van der Waals surface area contributed by atoms with E-state index in [2.05, 4.69) is 5.32 Å². The molecule has 30 heavy (non-hydrogen) atoms. The Labute approximate surface area is 174 Å². The topological polar surface area (TPSA) is 67.9 Å². The van der Waals surface area contributed by atoms with E-state index in [1.807, 2.05) is 18.2 Å². The van der Waals surface area contributed by atoms with Crippen LogP contribution in [0.5, 0.6) is 11.5 Å². The van der Waals surface area contributed by atoms with Gasteiger partial charge < -0.3 is 14.8 Å². The fraction of sp³-hybridized carbons (Fsp3) is 0.0833. The predicted octanol–water partition coefficient (Wildman–Crippen LogP) is 4.10. The summed E-state index contributed by atoms with van der Waals surface area (Å²) in [5.41, 5.74) is 2.20. The molecule has 1 heterocycles. The highest BCUT2D eigenvalue weighted by Gasteiger charge is 2.40. The molecule has 1 aliphatic heterocycles. The number of carbonyl (C=O) groups excluding carboxylic acids is 2. The zero-order valence-corrected chi connectivity index (χ0v) is 16.6. The summed E-state index contributed by atoms with van der Waals surface area (Å²) in [7, 11) is 3.13. The third-order valence-corrected chi connectivity index (χ3v) is 4.84. The van der Waals surface area contributed by atoms with E-state index >= 15 is 0 Å². The van der Waals surface area contributed by atoms with Crippen LogP contribution in [-0.2, 0) is 9.59 Å². The second-order valence-corrected chi connectivity index (χ2v) is 6.59. The van der Waals surface area contributed by atoms with Gasteiger partial charge in [0, 0.05) is 0 Å². The number of rotatable bonds is 6. The van der Waals surface area contributed by atoms with Gasteiger partial charge in [0.25, 0.3) is 11.8 Å². The summed E-state index contributed by atoms with van der Waals surface area (Å²) in [6.07, 6.45) is 0. The normalized spacial score (nSPS) is 13.6. The van der Waals surface area contributed by atoms with E-state index in [4.69, 9.17) is 9.47 Å². The number of amides is 2. The van der Waals surface area contributed by atoms with Gasteiger partial charge in [0.1, 0.15) is 17.2 Å². The van der Waals surface area contributed by atoms with E-state index in [9.17, 15) is 9.59 Å². The highest BCUT2D eigenvalue weighted by atomic mass is 16.5. The second kappa shape index (κ2) is 8.13. The van der Waals surface area contributed by atoms with Crippen molar-refractivity contribution in [3.05, 3.63) is 90.1 Å². The number of benzene rings is 3. The van der Waals surface area contributed by atoms with Crippen LogP contribution in [0.15, 0.2) is 84.6 Å². The van der Waals surface area contributed by atoms with E-state index in [1.54, 1.807) is 74.9 Å². The lowest BCUT2D eigenvalue weighted by molar-refractivity contribution is -0.120. The van der Waals surface area contributed by atoms with Gasteiger partial charge in [-0.15, -0.1) is 0 Å². The molecule has 1 aliphatic rings. The molecule has 2 amide bonds. The van der Waals surface area contributed by atoms with Gasteiger partial charge in [0.2, 0.25) is 0 Å². The van der Waals surface area contributed by atoms with Crippen molar-refractivity contribution in [3.8, 4) is 11.5 Å². The van der Waals surface area contributed by atoms with Crippen LogP contribution in [0.3, 0.4) is 0 Å². The van der Waals surface area contributed by atoms with Gasteiger partial charge in [-0.1, -0.05) is 42.5 Å². The first kappa shape index (κ1) is 19.3. The SMILES string of the molecule is COc1ccc(C2=C(Nc3ccccc3OC)C(=O)N(c3ccccc3)C2=O)cc1. The van der Waals surface area contributed by atoms with Crippen LogP contribution in [-0.4, -0.2) is 26.0 Å². The average Bonchev–Trinajstić information content (AvgIpc) is 3.04. The summed E-state index contributed by atoms with van der Waals surface area (Å²) in [5, 5.41) is 3.13. The van der Waals surface area contributed by atoms with Crippen molar-refractivity contribution in [2.24, 2.45) is 0 Å². The molecule has 150 valence electrons. The van der Waals surface area contributed by atoms with Gasteiger partial charge in [-0.25, -0.2) is 4.90 Å². The summed E-state index contributed by atoms with van der Waals surface area (Å²) in [5.74, 6) is 0.407. The number of nitrogens with zero attached hydrogens (tertiary/aromatic N) is 1. The van der Waals surface area contributed by atoms with E-state index in [-0.39, 0.29) is 11.3 Å². The molecule has 0 spiro atoms. The molecular weight excluding hydrogens is 380 g/mol. The smallest absolute Gasteiger partial charge is 0.282 e. The van der Waals surface area contributed by atoms with Gasteiger partial charge in [-0.05, 0) is 42.0 Å². The molecule has 6 nitrogen and oxygen atoms in total. The number of para-hydroxylation sites is 3. The van der Waals surface area contributed by atoms with Gasteiger partial charge >= 0.3 is 0 Å². The molecule has 0 atom stereocenters. The van der Waals surface area contributed by atoms with Crippen LogP contribution in [0.1, 0.15) is 5.56 Å². The molecule has 4 rings (SSSR count). The molecule has 6 heteroatoms. The summed E-state index contributed by atoms with van der Waals surface area (Å²) in [6, 6.07) is 23.1. The van der Waals surface area contributed by atoms with Gasteiger partial charge in [0.05, 0.1) is 31.2 Å². The van der Waals surface area contributed by atoms with E-state index in [0.29, 0.717) is 28.4 Å². The monoisotopic (exact) mass is 400 g/mol. The molecule has 0 aromatic heterocycles. The Balaban J connectivity index is 1.83. The van der Waals surface area contributed by atoms with Crippen LogP contribution in [0.25, 0.3) is 5.57 Å². The van der Waals surface area contributed by atoms with Crippen molar-refractivity contribution >= 4 is 28.8 Å². The molecule has 0 unspecified atom stereocenters. The average molecular weight is 400 g/mol. The predicted molar refractivity (Wildman–Crippen MR) is 115 cm³/mol. The minimum atomic E-state index is -0.428. The Bertz CT molecular complexity index is 1120. The molecule has 3 aromatic rings. The van der Waals surface area contributed by atoms with E-state index < -0.39 is 11.8 Å². The quantitative estimate of drug-likeness (QED) is 0.631. The van der Waals surface area contributed by atoms with Crippen molar-refractivity contribution in [3.63, 3.8) is 0 Å². The largest absolute Gasteiger partial charge is 0.497 e. The minimum Gasteiger partial charge on any atom is -0.497 e. The maximum Gasteiger partial charge on any atom is 0.282 e. The van der Waals surface area contributed by atoms with Crippen LogP contribution in [0.2, 0.25) is 0 Å². The molecule has 0 aliphatic carbocycles. The van der Waals surface area contributed by atoms with Crippen LogP contribution in [0, 0.1) is 0 Å². The molecule has 0 saturated heterocycles. The molecule has 0 radical (unpaired) electrons. The summed E-state index contributed by atoms with van der Waals surface area (Å²) in [6.45, 7) is 0. The van der Waals surface area contributed by atoms with Crippen LogP contribution >= 0.6 is 0 Å². The lowest BCUT2D eigenvalue weighted by Gasteiger charge is -2.15. The number of hydrogen-bond acceptors (Lipinski definition) is 5. The Morgan fingerprint density at radius 1 is 0.733 bits per heavy atom. The van der Waals surface area contributed by atoms with Gasteiger partial charge in [-0.2, -0.15) is 0 Å². The fourth-order valence-corrected chi connectivity index (χ4v) is 3.37. The zero-order chi connectivity index (χ0) is 21.1. The number of imide groups is 1. The molecule has 1 N–H and O–H groups in total. The lowest BCUT2D eigenvalue weighted by atomic mass is 10.0. The molecule has 0 bridgehead atoms. The number of methoxy groups -OCH3 is 2. The van der Waals surface area contributed by atoms with Crippen LogP contribution in [0.4, 0.5) is 11.4 Å². The van der Waals surface area contributed by atoms with E-state index in [0.717, 1.165) is 0 Å². The Kier molecular flexibility index (Phi) is 5.22. The number of ether oxygens (including phenoxy) is 2. The Hall–Kier alpha value is -4.06. The first-order valence-corrected chi connectivity index (χ1v) is 9.36. The zero-order valence-electron chi connectivity index (χ0n) is 16.6. The Morgan fingerprint density at radius 2 is 1.40 bits per heavy atom. The minimum absolute atomic E-state index is 0.193. The highest BCUT2D eigenvalue weighted by molar-refractivity contribution is 6.46. The van der Waals surface area contributed by atoms with Crippen molar-refractivity contribution in [2.75, 3.05) is 24.4 Å².